The van der Waals surface area contributed by atoms with Crippen LogP contribution in [-0.2, 0) is 9.47 Å². The third-order valence-corrected chi connectivity index (χ3v) is 2.59. The lowest BCUT2D eigenvalue weighted by Gasteiger charge is -2.28. The van der Waals surface area contributed by atoms with Crippen molar-refractivity contribution in [2.75, 3.05) is 33.4 Å². The van der Waals surface area contributed by atoms with Crippen molar-refractivity contribution in [1.29, 1.82) is 0 Å². The number of epoxide rings is 1. The Labute approximate surface area is 73.6 Å². The fourth-order valence-electron chi connectivity index (χ4n) is 1.56. The van der Waals surface area contributed by atoms with E-state index >= 15 is 0 Å². The Morgan fingerprint density at radius 3 is 2.67 bits per heavy atom. The average molecular weight is 171 g/mol. The molecule has 0 bridgehead atoms. The van der Waals surface area contributed by atoms with Crippen LogP contribution in [-0.4, -0.2) is 50.5 Å². The fourth-order valence-corrected chi connectivity index (χ4v) is 1.56. The molecule has 0 aromatic carbocycles. The molecule has 2 saturated heterocycles. The van der Waals surface area contributed by atoms with Crippen LogP contribution < -0.4 is 0 Å². The summed E-state index contributed by atoms with van der Waals surface area (Å²) in [6, 6.07) is 0. The van der Waals surface area contributed by atoms with Crippen LogP contribution >= 0.6 is 0 Å². The van der Waals surface area contributed by atoms with E-state index in [9.17, 15) is 0 Å². The largest absolute Gasteiger partial charge is 0.375 e. The van der Waals surface area contributed by atoms with Crippen molar-refractivity contribution in [2.24, 2.45) is 0 Å². The Morgan fingerprint density at radius 1 is 1.42 bits per heavy atom. The molecule has 0 saturated carbocycles. The molecule has 0 radical (unpaired) electrons. The summed E-state index contributed by atoms with van der Waals surface area (Å²) in [6.07, 6.45) is 3.28. The van der Waals surface area contributed by atoms with Crippen LogP contribution in [0.3, 0.4) is 0 Å². The quantitative estimate of drug-likeness (QED) is 0.578. The van der Waals surface area contributed by atoms with Crippen LogP contribution in [0.25, 0.3) is 0 Å². The maximum atomic E-state index is 5.70. The minimum Gasteiger partial charge on any atom is -0.375 e. The predicted molar refractivity (Wildman–Crippen MR) is 46.2 cm³/mol. The molecule has 0 aliphatic carbocycles. The van der Waals surface area contributed by atoms with Gasteiger partial charge in [-0.2, -0.15) is 0 Å². The smallest absolute Gasteiger partial charge is 0.104 e. The third kappa shape index (κ3) is 2.44. The standard InChI is InChI=1S/C9H17NO2/c1-10-4-2-8(3-5-10)11-6-9-7-12-9/h8-9H,2-7H2,1H3/t9-/m0/s1. The van der Waals surface area contributed by atoms with Gasteiger partial charge in [-0.25, -0.2) is 0 Å². The van der Waals surface area contributed by atoms with Crippen LogP contribution in [0, 0.1) is 0 Å². The molecule has 3 heteroatoms. The first kappa shape index (κ1) is 8.48. The third-order valence-electron chi connectivity index (χ3n) is 2.59. The minimum absolute atomic E-state index is 0.421. The lowest BCUT2D eigenvalue weighted by Crippen LogP contribution is -2.34. The molecular weight excluding hydrogens is 154 g/mol. The van der Waals surface area contributed by atoms with Crippen LogP contribution in [0.5, 0.6) is 0 Å². The van der Waals surface area contributed by atoms with Gasteiger partial charge in [0.05, 0.1) is 19.3 Å². The molecule has 12 heavy (non-hydrogen) atoms. The predicted octanol–water partition coefficient (Wildman–Crippen LogP) is 0.496. The second-order valence-electron chi connectivity index (χ2n) is 3.79. The zero-order chi connectivity index (χ0) is 8.39. The van der Waals surface area contributed by atoms with Crippen molar-refractivity contribution in [3.8, 4) is 0 Å². The number of ether oxygens (including phenoxy) is 2. The average Bonchev–Trinajstić information content (AvgIpc) is 2.87. The number of hydrogen-bond acceptors (Lipinski definition) is 3. The molecule has 0 aromatic rings. The van der Waals surface area contributed by atoms with Gasteiger partial charge >= 0.3 is 0 Å². The summed E-state index contributed by atoms with van der Waals surface area (Å²) in [7, 11) is 2.17. The molecule has 2 fully saturated rings. The Kier molecular flexibility index (Phi) is 2.63. The van der Waals surface area contributed by atoms with E-state index in [2.05, 4.69) is 11.9 Å². The first-order valence-electron chi connectivity index (χ1n) is 4.76. The molecule has 2 rings (SSSR count). The number of likely N-dealkylation sites (tertiary alicyclic amines) is 1. The zero-order valence-electron chi connectivity index (χ0n) is 7.66. The van der Waals surface area contributed by atoms with Crippen LogP contribution in [0.2, 0.25) is 0 Å². The van der Waals surface area contributed by atoms with Gasteiger partial charge in [-0.1, -0.05) is 0 Å². The molecule has 0 N–H and O–H groups in total. The number of nitrogens with zero attached hydrogens (tertiary/aromatic N) is 1. The molecule has 2 heterocycles. The monoisotopic (exact) mass is 171 g/mol. The zero-order valence-corrected chi connectivity index (χ0v) is 7.66. The SMILES string of the molecule is CN1CCC(OC[C@H]2CO2)CC1. The topological polar surface area (TPSA) is 25.0 Å². The summed E-state index contributed by atoms with van der Waals surface area (Å²) in [5.41, 5.74) is 0. The van der Waals surface area contributed by atoms with Gasteiger partial charge in [0, 0.05) is 13.1 Å². The highest BCUT2D eigenvalue weighted by Crippen LogP contribution is 2.15. The first-order valence-corrected chi connectivity index (χ1v) is 4.76. The summed E-state index contributed by atoms with van der Waals surface area (Å²) in [4.78, 5) is 2.35. The number of piperidine rings is 1. The van der Waals surface area contributed by atoms with E-state index in [1.165, 1.54) is 25.9 Å². The van der Waals surface area contributed by atoms with E-state index < -0.39 is 0 Å². The Hall–Kier alpha value is -0.120. The van der Waals surface area contributed by atoms with Crippen LogP contribution in [0.15, 0.2) is 0 Å². The van der Waals surface area contributed by atoms with Gasteiger partial charge in [0.25, 0.3) is 0 Å². The van der Waals surface area contributed by atoms with Crippen molar-refractivity contribution in [2.45, 2.75) is 25.0 Å². The highest BCUT2D eigenvalue weighted by molar-refractivity contribution is 4.73. The fraction of sp³-hybridized carbons (Fsp3) is 1.00. The highest BCUT2D eigenvalue weighted by Gasteiger charge is 2.25. The maximum Gasteiger partial charge on any atom is 0.104 e. The van der Waals surface area contributed by atoms with Crippen molar-refractivity contribution in [1.82, 2.24) is 4.90 Å². The molecule has 1 atom stereocenters. The summed E-state index contributed by atoms with van der Waals surface area (Å²) < 4.78 is 10.8. The first-order chi connectivity index (χ1) is 5.84. The van der Waals surface area contributed by atoms with E-state index in [1.807, 2.05) is 0 Å². The van der Waals surface area contributed by atoms with Gasteiger partial charge in [-0.05, 0) is 19.9 Å². The van der Waals surface area contributed by atoms with Gasteiger partial charge in [-0.3, -0.25) is 0 Å². The van der Waals surface area contributed by atoms with Crippen molar-refractivity contribution in [3.63, 3.8) is 0 Å². The summed E-state index contributed by atoms with van der Waals surface area (Å²) in [5, 5.41) is 0. The van der Waals surface area contributed by atoms with Gasteiger partial charge < -0.3 is 14.4 Å². The molecule has 0 unspecified atom stereocenters. The minimum atomic E-state index is 0.421. The van der Waals surface area contributed by atoms with Crippen molar-refractivity contribution < 1.29 is 9.47 Å². The van der Waals surface area contributed by atoms with E-state index in [0.717, 1.165) is 13.2 Å². The summed E-state index contributed by atoms with van der Waals surface area (Å²) >= 11 is 0. The van der Waals surface area contributed by atoms with Crippen molar-refractivity contribution >= 4 is 0 Å². The second-order valence-corrected chi connectivity index (χ2v) is 3.79. The Balaban J connectivity index is 1.60. The van der Waals surface area contributed by atoms with E-state index in [1.54, 1.807) is 0 Å². The van der Waals surface area contributed by atoms with Crippen LogP contribution in [0.1, 0.15) is 12.8 Å². The van der Waals surface area contributed by atoms with Gasteiger partial charge in [0.2, 0.25) is 0 Å². The molecule has 0 amide bonds. The van der Waals surface area contributed by atoms with Gasteiger partial charge in [0.1, 0.15) is 6.10 Å². The molecule has 2 aliphatic rings. The molecule has 3 nitrogen and oxygen atoms in total. The summed E-state index contributed by atoms with van der Waals surface area (Å²) in [5.74, 6) is 0. The normalized spacial score (nSPS) is 32.2. The van der Waals surface area contributed by atoms with E-state index in [-0.39, 0.29) is 0 Å². The number of rotatable bonds is 3. The lowest BCUT2D eigenvalue weighted by atomic mass is 10.1. The van der Waals surface area contributed by atoms with Crippen LogP contribution in [0.4, 0.5) is 0 Å². The highest BCUT2D eigenvalue weighted by atomic mass is 16.6. The maximum absolute atomic E-state index is 5.70. The second kappa shape index (κ2) is 3.73. The molecular formula is C9H17NO2. The number of hydrogen-bond donors (Lipinski definition) is 0. The Morgan fingerprint density at radius 2 is 2.08 bits per heavy atom. The van der Waals surface area contributed by atoms with E-state index in [0.29, 0.717) is 12.2 Å². The lowest BCUT2D eigenvalue weighted by molar-refractivity contribution is 0.00547. The molecule has 2 aliphatic heterocycles. The van der Waals surface area contributed by atoms with Gasteiger partial charge in [0.15, 0.2) is 0 Å². The van der Waals surface area contributed by atoms with E-state index in [4.69, 9.17) is 9.47 Å². The van der Waals surface area contributed by atoms with Crippen molar-refractivity contribution in [3.05, 3.63) is 0 Å². The molecule has 0 aromatic heterocycles. The van der Waals surface area contributed by atoms with Gasteiger partial charge in [-0.15, -0.1) is 0 Å². The molecule has 0 spiro atoms. The summed E-state index contributed by atoms with van der Waals surface area (Å²) in [6.45, 7) is 4.08. The molecule has 70 valence electrons. The Bertz CT molecular complexity index is 139.